The molecule has 1 unspecified atom stereocenters. The van der Waals surface area contributed by atoms with Crippen LogP contribution in [0.15, 0.2) is 30.5 Å². The number of benzene rings is 1. The lowest BCUT2D eigenvalue weighted by Gasteiger charge is -2.22. The molecule has 0 spiro atoms. The highest BCUT2D eigenvalue weighted by molar-refractivity contribution is 5.22. The first-order chi connectivity index (χ1) is 8.74. The van der Waals surface area contributed by atoms with Gasteiger partial charge in [-0.25, -0.2) is 9.37 Å². The van der Waals surface area contributed by atoms with Crippen LogP contribution in [0.3, 0.4) is 0 Å². The third-order valence-electron chi connectivity index (χ3n) is 3.77. The average Bonchev–Trinajstić information content (AvgIpc) is 2.77. The molecule has 1 aromatic carbocycles. The molecular formula is C15H17FN2. The number of hydrogen-bond acceptors (Lipinski definition) is 1. The Morgan fingerprint density at radius 2 is 2.11 bits per heavy atom. The van der Waals surface area contributed by atoms with Crippen LogP contribution in [0.25, 0.3) is 0 Å². The molecule has 1 atom stereocenters. The fourth-order valence-electron chi connectivity index (χ4n) is 2.71. The van der Waals surface area contributed by atoms with Gasteiger partial charge in [0.1, 0.15) is 11.6 Å². The van der Waals surface area contributed by atoms with Crippen LogP contribution in [0, 0.1) is 5.82 Å². The summed E-state index contributed by atoms with van der Waals surface area (Å²) in [5, 5.41) is 0. The van der Waals surface area contributed by atoms with E-state index in [1.54, 1.807) is 0 Å². The summed E-state index contributed by atoms with van der Waals surface area (Å²) >= 11 is 0. The number of aromatic nitrogens is 2. The van der Waals surface area contributed by atoms with Crippen molar-refractivity contribution in [2.75, 3.05) is 0 Å². The summed E-state index contributed by atoms with van der Waals surface area (Å²) in [7, 11) is 0. The summed E-state index contributed by atoms with van der Waals surface area (Å²) in [6, 6.07) is 6.70. The maximum Gasteiger partial charge on any atom is 0.123 e. The van der Waals surface area contributed by atoms with E-state index in [1.165, 1.54) is 30.7 Å². The minimum Gasteiger partial charge on any atom is -0.332 e. The molecule has 18 heavy (non-hydrogen) atoms. The third-order valence-corrected chi connectivity index (χ3v) is 3.77. The summed E-state index contributed by atoms with van der Waals surface area (Å²) in [5.74, 6) is 1.52. The van der Waals surface area contributed by atoms with Crippen molar-refractivity contribution < 1.29 is 4.39 Å². The molecule has 0 saturated heterocycles. The molecule has 0 aliphatic carbocycles. The van der Waals surface area contributed by atoms with E-state index < -0.39 is 0 Å². The van der Waals surface area contributed by atoms with Crippen molar-refractivity contribution in [1.29, 1.82) is 0 Å². The lowest BCUT2D eigenvalue weighted by Crippen LogP contribution is -2.15. The molecule has 1 aliphatic heterocycles. The largest absolute Gasteiger partial charge is 0.332 e. The van der Waals surface area contributed by atoms with Gasteiger partial charge >= 0.3 is 0 Å². The van der Waals surface area contributed by atoms with E-state index in [2.05, 4.69) is 16.5 Å². The van der Waals surface area contributed by atoms with Gasteiger partial charge in [-0.05, 0) is 36.5 Å². The second-order valence-electron chi connectivity index (χ2n) is 5.10. The van der Waals surface area contributed by atoms with Gasteiger partial charge in [0, 0.05) is 24.9 Å². The highest BCUT2D eigenvalue weighted by Crippen LogP contribution is 2.28. The van der Waals surface area contributed by atoms with Crippen molar-refractivity contribution >= 4 is 0 Å². The van der Waals surface area contributed by atoms with Crippen LogP contribution in [0.4, 0.5) is 4.39 Å². The minimum atomic E-state index is -0.183. The molecule has 1 aliphatic rings. The van der Waals surface area contributed by atoms with Gasteiger partial charge < -0.3 is 4.57 Å². The normalized spacial score (nSPS) is 18.7. The molecule has 94 valence electrons. The molecule has 0 saturated carbocycles. The zero-order valence-electron chi connectivity index (χ0n) is 10.6. The van der Waals surface area contributed by atoms with E-state index in [0.717, 1.165) is 24.4 Å². The van der Waals surface area contributed by atoms with Crippen molar-refractivity contribution in [3.8, 4) is 0 Å². The molecule has 0 N–H and O–H groups in total. The molecule has 0 fully saturated rings. The van der Waals surface area contributed by atoms with E-state index in [0.29, 0.717) is 5.92 Å². The van der Waals surface area contributed by atoms with Crippen molar-refractivity contribution in [3.05, 3.63) is 53.4 Å². The molecule has 1 aromatic heterocycles. The predicted molar refractivity (Wildman–Crippen MR) is 69.1 cm³/mol. The molecule has 0 radical (unpaired) electrons. The van der Waals surface area contributed by atoms with Crippen LogP contribution >= 0.6 is 0 Å². The molecular weight excluding hydrogens is 227 g/mol. The Hall–Kier alpha value is -1.64. The Morgan fingerprint density at radius 3 is 2.89 bits per heavy atom. The van der Waals surface area contributed by atoms with Gasteiger partial charge in [-0.15, -0.1) is 0 Å². The molecule has 0 bridgehead atoms. The Balaban J connectivity index is 1.87. The predicted octanol–water partition coefficient (Wildman–Crippen LogP) is 3.51. The summed E-state index contributed by atoms with van der Waals surface area (Å²) in [5.41, 5.74) is 2.46. The highest BCUT2D eigenvalue weighted by Gasteiger charge is 2.19. The highest BCUT2D eigenvalue weighted by atomic mass is 19.1. The molecule has 2 heterocycles. The maximum absolute atomic E-state index is 12.9. The van der Waals surface area contributed by atoms with Gasteiger partial charge in [-0.3, -0.25) is 0 Å². The van der Waals surface area contributed by atoms with Crippen LogP contribution in [0.2, 0.25) is 0 Å². The summed E-state index contributed by atoms with van der Waals surface area (Å²) in [6.07, 6.45) is 5.26. The average molecular weight is 244 g/mol. The van der Waals surface area contributed by atoms with E-state index >= 15 is 0 Å². The van der Waals surface area contributed by atoms with Gasteiger partial charge in [-0.2, -0.15) is 0 Å². The van der Waals surface area contributed by atoms with E-state index in [-0.39, 0.29) is 5.82 Å². The first-order valence-electron chi connectivity index (χ1n) is 6.53. The molecule has 3 heteroatoms. The topological polar surface area (TPSA) is 17.8 Å². The second kappa shape index (κ2) is 4.56. The van der Waals surface area contributed by atoms with E-state index in [1.807, 2.05) is 18.3 Å². The molecule has 3 rings (SSSR count). The van der Waals surface area contributed by atoms with Gasteiger partial charge in [0.15, 0.2) is 0 Å². The Kier molecular flexibility index (Phi) is 2.90. The monoisotopic (exact) mass is 244 g/mol. The zero-order valence-corrected chi connectivity index (χ0v) is 10.6. The zero-order chi connectivity index (χ0) is 12.5. The molecule has 0 amide bonds. The van der Waals surface area contributed by atoms with Gasteiger partial charge in [0.05, 0.1) is 0 Å². The number of hydrogen-bond donors (Lipinski definition) is 0. The number of imidazole rings is 1. The van der Waals surface area contributed by atoms with Gasteiger partial charge in [0.2, 0.25) is 0 Å². The summed E-state index contributed by atoms with van der Waals surface area (Å²) in [6.45, 7) is 3.32. The second-order valence-corrected chi connectivity index (χ2v) is 5.10. The van der Waals surface area contributed by atoms with Crippen molar-refractivity contribution in [3.63, 3.8) is 0 Å². The fraction of sp³-hybridized carbons (Fsp3) is 0.400. The quantitative estimate of drug-likeness (QED) is 0.790. The lowest BCUT2D eigenvalue weighted by molar-refractivity contribution is 0.465. The fourth-order valence-corrected chi connectivity index (χ4v) is 2.71. The lowest BCUT2D eigenvalue weighted by atomic mass is 9.98. The Morgan fingerprint density at radius 1 is 1.33 bits per heavy atom. The van der Waals surface area contributed by atoms with E-state index in [9.17, 15) is 4.39 Å². The first kappa shape index (κ1) is 11.5. The van der Waals surface area contributed by atoms with Crippen LogP contribution in [0.1, 0.15) is 42.8 Å². The minimum absolute atomic E-state index is 0.183. The van der Waals surface area contributed by atoms with Crippen LogP contribution in [-0.4, -0.2) is 9.55 Å². The summed E-state index contributed by atoms with van der Waals surface area (Å²) < 4.78 is 15.2. The molecule has 2 aromatic rings. The van der Waals surface area contributed by atoms with Crippen LogP contribution < -0.4 is 0 Å². The number of nitrogens with zero attached hydrogens (tertiary/aromatic N) is 2. The van der Waals surface area contributed by atoms with Crippen molar-refractivity contribution in [2.24, 2.45) is 0 Å². The van der Waals surface area contributed by atoms with Crippen LogP contribution in [0.5, 0.6) is 0 Å². The number of halogens is 1. The number of fused-ring (bicyclic) bond motifs is 1. The first-order valence-corrected chi connectivity index (χ1v) is 6.53. The third kappa shape index (κ3) is 2.05. The van der Waals surface area contributed by atoms with Gasteiger partial charge in [0.25, 0.3) is 0 Å². The van der Waals surface area contributed by atoms with Gasteiger partial charge in [-0.1, -0.05) is 19.1 Å². The Labute approximate surface area is 106 Å². The van der Waals surface area contributed by atoms with E-state index in [4.69, 9.17) is 0 Å². The summed E-state index contributed by atoms with van der Waals surface area (Å²) in [4.78, 5) is 4.54. The maximum atomic E-state index is 12.9. The van der Waals surface area contributed by atoms with Crippen molar-refractivity contribution in [2.45, 2.75) is 38.6 Å². The smallest absolute Gasteiger partial charge is 0.123 e. The molecule has 2 nitrogen and oxygen atoms in total. The Bertz CT molecular complexity index is 542. The number of rotatable bonds is 2. The van der Waals surface area contributed by atoms with Crippen LogP contribution in [-0.2, 0) is 13.0 Å². The SMILES string of the molecule is CC1CCCn2c1cnc2Cc1ccc(F)cc1. The standard InChI is InChI=1S/C15H17FN2/c1-11-3-2-8-18-14(11)10-17-15(18)9-12-4-6-13(16)7-5-12/h4-7,10-11H,2-3,8-9H2,1H3. The van der Waals surface area contributed by atoms with Crippen molar-refractivity contribution in [1.82, 2.24) is 9.55 Å².